The van der Waals surface area contributed by atoms with Crippen LogP contribution in [0.5, 0.6) is 0 Å². The van der Waals surface area contributed by atoms with Crippen molar-refractivity contribution in [2.24, 2.45) is 0 Å². The minimum atomic E-state index is -0.645. The van der Waals surface area contributed by atoms with Crippen LogP contribution in [-0.4, -0.2) is 26.1 Å². The first-order chi connectivity index (χ1) is 13.5. The summed E-state index contributed by atoms with van der Waals surface area (Å²) >= 11 is 11.6. The number of aromatic amines is 1. The van der Waals surface area contributed by atoms with Gasteiger partial charge in [0.2, 0.25) is 5.28 Å². The number of benzene rings is 2. The van der Waals surface area contributed by atoms with Crippen molar-refractivity contribution in [3.05, 3.63) is 70.3 Å². The molecule has 2 heterocycles. The molecular formula is C18H11Cl2FN6O. The largest absolute Gasteiger partial charge is 0.338 e. The number of nitrogens with one attached hydrogen (secondary N) is 3. The summed E-state index contributed by atoms with van der Waals surface area (Å²) < 4.78 is 13.8. The highest BCUT2D eigenvalue weighted by Crippen LogP contribution is 2.27. The number of nitrogens with zero attached hydrogens (tertiary/aromatic N) is 3. The summed E-state index contributed by atoms with van der Waals surface area (Å²) in [5, 5.41) is 13.6. The summed E-state index contributed by atoms with van der Waals surface area (Å²) in [6.45, 7) is 0. The van der Waals surface area contributed by atoms with Crippen LogP contribution < -0.4 is 10.6 Å². The van der Waals surface area contributed by atoms with Crippen LogP contribution in [0.3, 0.4) is 0 Å². The van der Waals surface area contributed by atoms with Crippen LogP contribution in [0.2, 0.25) is 10.3 Å². The van der Waals surface area contributed by atoms with Gasteiger partial charge in [-0.15, -0.1) is 0 Å². The molecule has 0 spiro atoms. The van der Waals surface area contributed by atoms with Gasteiger partial charge in [-0.1, -0.05) is 11.6 Å². The van der Waals surface area contributed by atoms with Crippen molar-refractivity contribution >= 4 is 57.3 Å². The lowest BCUT2D eigenvalue weighted by Gasteiger charge is -2.07. The maximum Gasteiger partial charge on any atom is 0.256 e. The van der Waals surface area contributed by atoms with E-state index < -0.39 is 5.82 Å². The number of aromatic nitrogens is 4. The number of carbonyl (C=O) groups excluding carboxylic acids is 1. The number of hydrogen-bond donors (Lipinski definition) is 3. The second-order valence-electron chi connectivity index (χ2n) is 5.75. The third kappa shape index (κ3) is 3.73. The van der Waals surface area contributed by atoms with Crippen molar-refractivity contribution < 1.29 is 9.18 Å². The Kier molecular flexibility index (Phi) is 4.81. The normalized spacial score (nSPS) is 10.8. The zero-order chi connectivity index (χ0) is 19.7. The van der Waals surface area contributed by atoms with Gasteiger partial charge >= 0.3 is 0 Å². The molecule has 4 aromatic rings. The first-order valence-electron chi connectivity index (χ1n) is 8.00. The van der Waals surface area contributed by atoms with E-state index in [0.29, 0.717) is 33.0 Å². The smallest absolute Gasteiger partial charge is 0.256 e. The van der Waals surface area contributed by atoms with Crippen molar-refractivity contribution in [2.45, 2.75) is 0 Å². The van der Waals surface area contributed by atoms with Crippen molar-refractivity contribution in [3.63, 3.8) is 0 Å². The summed E-state index contributed by atoms with van der Waals surface area (Å²) in [4.78, 5) is 19.8. The Balaban J connectivity index is 1.62. The first-order valence-corrected chi connectivity index (χ1v) is 8.75. The van der Waals surface area contributed by atoms with E-state index in [4.69, 9.17) is 23.2 Å². The molecule has 0 saturated heterocycles. The van der Waals surface area contributed by atoms with Gasteiger partial charge in [0.05, 0.1) is 11.7 Å². The fraction of sp³-hybridized carbons (Fsp3) is 0. The number of hydrogen-bond acceptors (Lipinski definition) is 5. The van der Waals surface area contributed by atoms with Gasteiger partial charge in [0.1, 0.15) is 0 Å². The van der Waals surface area contributed by atoms with Gasteiger partial charge in [-0.3, -0.25) is 9.89 Å². The van der Waals surface area contributed by atoms with Crippen LogP contribution in [0, 0.1) is 5.82 Å². The molecular weight excluding hydrogens is 406 g/mol. The Bertz CT molecular complexity index is 1180. The van der Waals surface area contributed by atoms with Gasteiger partial charge in [0.15, 0.2) is 17.5 Å². The lowest BCUT2D eigenvalue weighted by atomic mass is 10.2. The summed E-state index contributed by atoms with van der Waals surface area (Å²) in [5.74, 6) is -0.709. The molecule has 0 unspecified atom stereocenters. The van der Waals surface area contributed by atoms with Gasteiger partial charge < -0.3 is 10.6 Å². The molecule has 0 atom stereocenters. The summed E-state index contributed by atoms with van der Waals surface area (Å²) in [6, 6.07) is 11.6. The van der Waals surface area contributed by atoms with Crippen molar-refractivity contribution in [1.29, 1.82) is 0 Å². The van der Waals surface area contributed by atoms with E-state index in [1.165, 1.54) is 0 Å². The van der Waals surface area contributed by atoms with Crippen LogP contribution >= 0.6 is 23.2 Å². The Hall–Kier alpha value is -3.23. The Morgan fingerprint density at radius 1 is 1.07 bits per heavy atom. The molecule has 0 saturated carbocycles. The zero-order valence-electron chi connectivity index (χ0n) is 14.0. The number of amides is 1. The SMILES string of the molecule is O=C(Nc1n[nH]c2ccc(Nc3nc(Cl)ncc3F)cc12)c1ccc(Cl)cc1. The molecule has 2 aromatic heterocycles. The van der Waals surface area contributed by atoms with Gasteiger partial charge in [-0.05, 0) is 54.1 Å². The van der Waals surface area contributed by atoms with E-state index in [-0.39, 0.29) is 17.0 Å². The number of halogens is 3. The van der Waals surface area contributed by atoms with E-state index >= 15 is 0 Å². The van der Waals surface area contributed by atoms with E-state index in [9.17, 15) is 9.18 Å². The van der Waals surface area contributed by atoms with Crippen LogP contribution in [0.25, 0.3) is 10.9 Å². The third-order valence-corrected chi connectivity index (χ3v) is 4.31. The molecule has 7 nitrogen and oxygen atoms in total. The molecule has 0 aliphatic heterocycles. The molecule has 140 valence electrons. The first kappa shape index (κ1) is 18.1. The molecule has 0 radical (unpaired) electrons. The maximum atomic E-state index is 13.8. The fourth-order valence-corrected chi connectivity index (χ4v) is 2.80. The van der Waals surface area contributed by atoms with Crippen LogP contribution in [0.15, 0.2) is 48.7 Å². The zero-order valence-corrected chi connectivity index (χ0v) is 15.5. The van der Waals surface area contributed by atoms with Crippen LogP contribution in [0.1, 0.15) is 10.4 Å². The van der Waals surface area contributed by atoms with Gasteiger partial charge in [0, 0.05) is 21.7 Å². The molecule has 0 aliphatic carbocycles. The highest BCUT2D eigenvalue weighted by atomic mass is 35.5. The van der Waals surface area contributed by atoms with E-state index in [1.807, 2.05) is 0 Å². The molecule has 0 fully saturated rings. The van der Waals surface area contributed by atoms with E-state index in [0.717, 1.165) is 6.20 Å². The Morgan fingerprint density at radius 3 is 2.64 bits per heavy atom. The Morgan fingerprint density at radius 2 is 1.86 bits per heavy atom. The minimum Gasteiger partial charge on any atom is -0.338 e. The third-order valence-electron chi connectivity index (χ3n) is 3.88. The van der Waals surface area contributed by atoms with Gasteiger partial charge in [-0.25, -0.2) is 9.37 Å². The van der Waals surface area contributed by atoms with Crippen molar-refractivity contribution in [3.8, 4) is 0 Å². The molecule has 3 N–H and O–H groups in total. The second kappa shape index (κ2) is 7.41. The number of anilines is 3. The number of H-pyrrole nitrogens is 1. The average molecular weight is 417 g/mol. The molecule has 10 heteroatoms. The fourth-order valence-electron chi connectivity index (χ4n) is 2.54. The molecule has 4 rings (SSSR count). The average Bonchev–Trinajstić information content (AvgIpc) is 3.07. The van der Waals surface area contributed by atoms with Crippen molar-refractivity contribution in [2.75, 3.05) is 10.6 Å². The predicted molar refractivity (Wildman–Crippen MR) is 106 cm³/mol. The standard InChI is InChI=1S/C18H11Cl2FN6O/c19-10-3-1-9(2-4-10)17(28)24-15-12-7-11(5-6-14(12)26-27-15)23-16-13(21)8-22-18(20)25-16/h1-8H,(H,22,23,25)(H2,24,26,27,28). The molecule has 2 aromatic carbocycles. The highest BCUT2D eigenvalue weighted by Gasteiger charge is 2.13. The van der Waals surface area contributed by atoms with E-state index in [1.54, 1.807) is 42.5 Å². The molecule has 1 amide bonds. The summed E-state index contributed by atoms with van der Waals surface area (Å²) in [6.07, 6.45) is 0.978. The van der Waals surface area contributed by atoms with Gasteiger partial charge in [-0.2, -0.15) is 10.1 Å². The predicted octanol–water partition coefficient (Wildman–Crippen LogP) is 4.79. The summed E-state index contributed by atoms with van der Waals surface area (Å²) in [5.41, 5.74) is 1.66. The molecule has 28 heavy (non-hydrogen) atoms. The molecule has 0 aliphatic rings. The summed E-state index contributed by atoms with van der Waals surface area (Å²) in [7, 11) is 0. The van der Waals surface area contributed by atoms with Gasteiger partial charge in [0.25, 0.3) is 5.91 Å². The molecule has 0 bridgehead atoms. The number of rotatable bonds is 4. The quantitative estimate of drug-likeness (QED) is 0.415. The van der Waals surface area contributed by atoms with Crippen LogP contribution in [-0.2, 0) is 0 Å². The topological polar surface area (TPSA) is 95.6 Å². The second-order valence-corrected chi connectivity index (χ2v) is 6.53. The highest BCUT2D eigenvalue weighted by molar-refractivity contribution is 6.30. The number of carbonyl (C=O) groups is 1. The maximum absolute atomic E-state index is 13.8. The lowest BCUT2D eigenvalue weighted by Crippen LogP contribution is -2.12. The monoisotopic (exact) mass is 416 g/mol. The number of fused-ring (bicyclic) bond motifs is 1. The lowest BCUT2D eigenvalue weighted by molar-refractivity contribution is 0.102. The van der Waals surface area contributed by atoms with Crippen molar-refractivity contribution in [1.82, 2.24) is 20.2 Å². The van der Waals surface area contributed by atoms with E-state index in [2.05, 4.69) is 30.8 Å². The Labute approximate surface area is 167 Å². The minimum absolute atomic E-state index is 0.0606. The van der Waals surface area contributed by atoms with Crippen LogP contribution in [0.4, 0.5) is 21.7 Å².